The van der Waals surface area contributed by atoms with Gasteiger partial charge in [0.25, 0.3) is 0 Å². The average molecular weight is 238 g/mol. The van der Waals surface area contributed by atoms with Crippen LogP contribution < -0.4 is 0 Å². The number of alkyl halides is 3. The minimum Gasteiger partial charge on any atom is -0.493 e. The molecule has 1 aromatic heterocycles. The van der Waals surface area contributed by atoms with Crippen molar-refractivity contribution in [2.75, 3.05) is 6.61 Å². The van der Waals surface area contributed by atoms with E-state index in [2.05, 4.69) is 9.84 Å². The third-order valence-corrected chi connectivity index (χ3v) is 1.64. The SMILES string of the molecule is CCOC(=O)c1cnn(CC(F)(F)F)c1O. The number of rotatable bonds is 3. The van der Waals surface area contributed by atoms with Crippen LogP contribution in [0.2, 0.25) is 0 Å². The van der Waals surface area contributed by atoms with E-state index in [0.29, 0.717) is 0 Å². The molecule has 0 spiro atoms. The predicted molar refractivity (Wildman–Crippen MR) is 45.9 cm³/mol. The Morgan fingerprint density at radius 2 is 2.25 bits per heavy atom. The van der Waals surface area contributed by atoms with Gasteiger partial charge in [0.1, 0.15) is 12.1 Å². The van der Waals surface area contributed by atoms with Crippen LogP contribution in [0.1, 0.15) is 17.3 Å². The Morgan fingerprint density at radius 1 is 1.62 bits per heavy atom. The Bertz CT molecular complexity index is 386. The third-order valence-electron chi connectivity index (χ3n) is 1.64. The molecule has 0 atom stereocenters. The quantitative estimate of drug-likeness (QED) is 0.807. The summed E-state index contributed by atoms with van der Waals surface area (Å²) in [4.78, 5) is 11.1. The van der Waals surface area contributed by atoms with Gasteiger partial charge in [-0.05, 0) is 6.92 Å². The fourth-order valence-electron chi connectivity index (χ4n) is 1.02. The summed E-state index contributed by atoms with van der Waals surface area (Å²) >= 11 is 0. The zero-order valence-electron chi connectivity index (χ0n) is 8.28. The smallest absolute Gasteiger partial charge is 0.408 e. The number of hydrogen-bond donors (Lipinski definition) is 1. The number of carbonyl (C=O) groups is 1. The Labute approximate surface area is 88.4 Å². The molecular weight excluding hydrogens is 229 g/mol. The molecule has 0 aliphatic rings. The summed E-state index contributed by atoms with van der Waals surface area (Å²) in [6.45, 7) is 0.135. The van der Waals surface area contributed by atoms with Gasteiger partial charge in [0, 0.05) is 0 Å². The number of hydrogen-bond acceptors (Lipinski definition) is 4. The largest absolute Gasteiger partial charge is 0.493 e. The number of aromatic nitrogens is 2. The highest BCUT2D eigenvalue weighted by Gasteiger charge is 2.31. The highest BCUT2D eigenvalue weighted by Crippen LogP contribution is 2.23. The van der Waals surface area contributed by atoms with Crippen molar-refractivity contribution in [1.29, 1.82) is 0 Å². The molecule has 0 unspecified atom stereocenters. The Hall–Kier alpha value is -1.73. The van der Waals surface area contributed by atoms with Gasteiger partial charge in [-0.2, -0.15) is 18.3 Å². The Morgan fingerprint density at radius 3 is 2.75 bits per heavy atom. The number of esters is 1. The van der Waals surface area contributed by atoms with Gasteiger partial charge < -0.3 is 9.84 Å². The summed E-state index contributed by atoms with van der Waals surface area (Å²) in [6.07, 6.45) is -3.69. The summed E-state index contributed by atoms with van der Waals surface area (Å²) in [6, 6.07) is 0. The van der Waals surface area contributed by atoms with E-state index in [1.165, 1.54) is 6.92 Å². The molecular formula is C8H9F3N2O3. The summed E-state index contributed by atoms with van der Waals surface area (Å²) in [5, 5.41) is 12.5. The van der Waals surface area contributed by atoms with Crippen LogP contribution in [0.25, 0.3) is 0 Å². The zero-order valence-corrected chi connectivity index (χ0v) is 8.28. The first kappa shape index (κ1) is 12.3. The number of ether oxygens (including phenoxy) is 1. The third kappa shape index (κ3) is 2.88. The molecule has 0 bridgehead atoms. The van der Waals surface area contributed by atoms with E-state index in [-0.39, 0.29) is 16.9 Å². The average Bonchev–Trinajstić information content (AvgIpc) is 2.46. The van der Waals surface area contributed by atoms with Gasteiger partial charge >= 0.3 is 12.1 Å². The molecule has 0 fully saturated rings. The van der Waals surface area contributed by atoms with Crippen LogP contribution in [0, 0.1) is 0 Å². The highest BCUT2D eigenvalue weighted by atomic mass is 19.4. The van der Waals surface area contributed by atoms with Crippen LogP contribution >= 0.6 is 0 Å². The molecule has 0 aliphatic carbocycles. The second-order valence-electron chi connectivity index (χ2n) is 2.88. The fraction of sp³-hybridized carbons (Fsp3) is 0.500. The van der Waals surface area contributed by atoms with Crippen molar-refractivity contribution in [3.05, 3.63) is 11.8 Å². The van der Waals surface area contributed by atoms with Gasteiger partial charge in [0.15, 0.2) is 0 Å². The van der Waals surface area contributed by atoms with E-state index < -0.39 is 24.6 Å². The molecule has 16 heavy (non-hydrogen) atoms. The first-order valence-corrected chi connectivity index (χ1v) is 4.33. The van der Waals surface area contributed by atoms with Crippen LogP contribution in [0.15, 0.2) is 6.20 Å². The lowest BCUT2D eigenvalue weighted by atomic mass is 10.3. The number of carbonyl (C=O) groups excluding carboxylic acids is 1. The second kappa shape index (κ2) is 4.42. The molecule has 1 N–H and O–H groups in total. The van der Waals surface area contributed by atoms with Crippen LogP contribution in [0.4, 0.5) is 13.2 Å². The molecule has 90 valence electrons. The molecule has 8 heteroatoms. The van der Waals surface area contributed by atoms with Crippen molar-refractivity contribution in [3.8, 4) is 5.88 Å². The van der Waals surface area contributed by atoms with Gasteiger partial charge in [-0.15, -0.1) is 0 Å². The minimum absolute atomic E-state index is 0.0583. The molecule has 0 saturated carbocycles. The molecule has 5 nitrogen and oxygen atoms in total. The number of nitrogens with zero attached hydrogens (tertiary/aromatic N) is 2. The van der Waals surface area contributed by atoms with Gasteiger partial charge in [0.05, 0.1) is 12.8 Å². The van der Waals surface area contributed by atoms with E-state index in [1.54, 1.807) is 0 Å². The van der Waals surface area contributed by atoms with Crippen molar-refractivity contribution in [2.24, 2.45) is 0 Å². The van der Waals surface area contributed by atoms with Gasteiger partial charge in [-0.25, -0.2) is 9.48 Å². The second-order valence-corrected chi connectivity index (χ2v) is 2.88. The highest BCUT2D eigenvalue weighted by molar-refractivity contribution is 5.91. The van der Waals surface area contributed by atoms with Gasteiger partial charge in [-0.3, -0.25) is 0 Å². The lowest BCUT2D eigenvalue weighted by molar-refractivity contribution is -0.143. The fourth-order valence-corrected chi connectivity index (χ4v) is 1.02. The minimum atomic E-state index is -4.52. The van der Waals surface area contributed by atoms with E-state index in [9.17, 15) is 23.1 Å². The normalized spacial score (nSPS) is 11.5. The van der Waals surface area contributed by atoms with E-state index >= 15 is 0 Å². The molecule has 1 heterocycles. The van der Waals surface area contributed by atoms with Gasteiger partial charge in [0.2, 0.25) is 5.88 Å². The Kier molecular flexibility index (Phi) is 3.41. The molecule has 0 aliphatic heterocycles. The van der Waals surface area contributed by atoms with Crippen LogP contribution in [0.5, 0.6) is 5.88 Å². The van der Waals surface area contributed by atoms with Crippen molar-refractivity contribution < 1.29 is 27.8 Å². The van der Waals surface area contributed by atoms with E-state index in [0.717, 1.165) is 6.20 Å². The van der Waals surface area contributed by atoms with Gasteiger partial charge in [-0.1, -0.05) is 0 Å². The van der Waals surface area contributed by atoms with Crippen LogP contribution in [-0.2, 0) is 11.3 Å². The number of aromatic hydroxyl groups is 1. The first-order chi connectivity index (χ1) is 7.35. The molecule has 0 aromatic carbocycles. The zero-order chi connectivity index (χ0) is 12.3. The maximum Gasteiger partial charge on any atom is 0.408 e. The lowest BCUT2D eigenvalue weighted by Gasteiger charge is -2.07. The monoisotopic (exact) mass is 238 g/mol. The topological polar surface area (TPSA) is 64.3 Å². The van der Waals surface area contributed by atoms with Crippen LogP contribution in [0.3, 0.4) is 0 Å². The maximum absolute atomic E-state index is 12.0. The molecule has 1 aromatic rings. The molecule has 0 radical (unpaired) electrons. The lowest BCUT2D eigenvalue weighted by Crippen LogP contribution is -2.18. The molecule has 0 amide bonds. The summed E-state index contributed by atoms with van der Waals surface area (Å²) in [5.74, 6) is -1.76. The molecule has 0 saturated heterocycles. The van der Waals surface area contributed by atoms with E-state index in [1.807, 2.05) is 0 Å². The van der Waals surface area contributed by atoms with Crippen LogP contribution in [-0.4, -0.2) is 33.6 Å². The summed E-state index contributed by atoms with van der Waals surface area (Å²) < 4.78 is 40.8. The van der Waals surface area contributed by atoms with Crippen molar-refractivity contribution in [3.63, 3.8) is 0 Å². The van der Waals surface area contributed by atoms with Crippen molar-refractivity contribution in [2.45, 2.75) is 19.6 Å². The maximum atomic E-state index is 12.0. The Balaban J connectivity index is 2.88. The molecule has 1 rings (SSSR count). The predicted octanol–water partition coefficient (Wildman–Crippen LogP) is 1.33. The summed E-state index contributed by atoms with van der Waals surface area (Å²) in [7, 11) is 0. The first-order valence-electron chi connectivity index (χ1n) is 4.33. The standard InChI is InChI=1S/C8H9F3N2O3/c1-2-16-7(15)5-3-12-13(6(5)14)4-8(9,10)11/h3,14H,2,4H2,1H3. The number of halogens is 3. The van der Waals surface area contributed by atoms with Crippen molar-refractivity contribution >= 4 is 5.97 Å². The van der Waals surface area contributed by atoms with E-state index in [4.69, 9.17) is 0 Å². The van der Waals surface area contributed by atoms with Crippen molar-refractivity contribution in [1.82, 2.24) is 9.78 Å². The summed E-state index contributed by atoms with van der Waals surface area (Å²) in [5.41, 5.74) is -0.383.